The minimum atomic E-state index is -0.432. The lowest BCUT2D eigenvalue weighted by Gasteiger charge is -2.33. The number of hydrogen-bond donors (Lipinski definition) is 1. The maximum absolute atomic E-state index is 11.2. The second-order valence-corrected chi connectivity index (χ2v) is 4.38. The first-order valence-electron chi connectivity index (χ1n) is 5.85. The van der Waals surface area contributed by atoms with Crippen LogP contribution in [0.15, 0.2) is 21.5 Å². The van der Waals surface area contributed by atoms with Crippen molar-refractivity contribution in [2.75, 3.05) is 26.2 Å². The van der Waals surface area contributed by atoms with Crippen LogP contribution in [0.25, 0.3) is 0 Å². The van der Waals surface area contributed by atoms with Crippen molar-refractivity contribution in [3.05, 3.63) is 28.3 Å². The van der Waals surface area contributed by atoms with Crippen LogP contribution in [0.3, 0.4) is 0 Å². The zero-order valence-corrected chi connectivity index (χ0v) is 10.3. The number of carbonyl (C=O) groups is 1. The molecule has 1 aliphatic heterocycles. The van der Waals surface area contributed by atoms with Gasteiger partial charge >= 0.3 is 0 Å². The Bertz CT molecular complexity index is 489. The third-order valence-corrected chi connectivity index (χ3v) is 3.06. The van der Waals surface area contributed by atoms with Gasteiger partial charge in [-0.3, -0.25) is 14.5 Å². The lowest BCUT2D eigenvalue weighted by atomic mass is 10.3. The summed E-state index contributed by atoms with van der Waals surface area (Å²) < 4.78 is 5.14. The van der Waals surface area contributed by atoms with Crippen LogP contribution in [0.5, 0.6) is 5.75 Å². The quantitative estimate of drug-likeness (QED) is 0.802. The van der Waals surface area contributed by atoms with Gasteiger partial charge in [-0.1, -0.05) is 0 Å². The Morgan fingerprint density at radius 3 is 2.61 bits per heavy atom. The van der Waals surface area contributed by atoms with E-state index in [1.807, 2.05) is 0 Å². The fourth-order valence-electron chi connectivity index (χ4n) is 1.97. The summed E-state index contributed by atoms with van der Waals surface area (Å²) in [5.41, 5.74) is -0.432. The number of carbonyl (C=O) groups excluding carboxylic acids is 1. The molecule has 0 aliphatic carbocycles. The van der Waals surface area contributed by atoms with Gasteiger partial charge in [0, 0.05) is 39.2 Å². The Balaban J connectivity index is 1.93. The molecular weight excluding hydrogens is 236 g/mol. The van der Waals surface area contributed by atoms with Crippen molar-refractivity contribution in [3.63, 3.8) is 0 Å². The molecule has 0 unspecified atom stereocenters. The summed E-state index contributed by atoms with van der Waals surface area (Å²) in [5, 5.41) is 9.08. The first kappa shape index (κ1) is 12.6. The molecule has 1 saturated heterocycles. The Kier molecular flexibility index (Phi) is 3.66. The highest BCUT2D eigenvalue weighted by Gasteiger charge is 2.19. The second-order valence-electron chi connectivity index (χ2n) is 4.38. The van der Waals surface area contributed by atoms with E-state index in [4.69, 9.17) is 9.52 Å². The molecule has 1 aromatic rings. The van der Waals surface area contributed by atoms with Gasteiger partial charge in [0.25, 0.3) is 0 Å². The van der Waals surface area contributed by atoms with Crippen molar-refractivity contribution in [3.8, 4) is 5.75 Å². The molecule has 0 spiro atoms. The van der Waals surface area contributed by atoms with E-state index in [1.165, 1.54) is 6.07 Å². The van der Waals surface area contributed by atoms with Gasteiger partial charge in [-0.25, -0.2) is 0 Å². The molecule has 1 N–H and O–H groups in total. The maximum atomic E-state index is 11.2. The predicted octanol–water partition coefficient (Wildman–Crippen LogP) is 0.00950. The van der Waals surface area contributed by atoms with Crippen molar-refractivity contribution < 1.29 is 14.3 Å². The molecule has 1 aromatic heterocycles. The van der Waals surface area contributed by atoms with E-state index < -0.39 is 5.43 Å². The standard InChI is InChI=1S/C12H16N2O4/c1-9(15)14-4-2-13(3-5-14)7-10-6-11(16)12(17)8-18-10/h6,8,17H,2-5,7H2,1H3. The number of piperazine rings is 1. The summed E-state index contributed by atoms with van der Waals surface area (Å²) in [7, 11) is 0. The Labute approximate surface area is 104 Å². The zero-order valence-electron chi connectivity index (χ0n) is 10.3. The van der Waals surface area contributed by atoms with Crippen LogP contribution in [0.2, 0.25) is 0 Å². The summed E-state index contributed by atoms with van der Waals surface area (Å²) in [5.74, 6) is 0.236. The van der Waals surface area contributed by atoms with E-state index >= 15 is 0 Å². The van der Waals surface area contributed by atoms with E-state index in [-0.39, 0.29) is 11.7 Å². The summed E-state index contributed by atoms with van der Waals surface area (Å²) in [6.45, 7) is 4.97. The normalized spacial score (nSPS) is 16.8. The first-order valence-corrected chi connectivity index (χ1v) is 5.85. The lowest BCUT2D eigenvalue weighted by Crippen LogP contribution is -2.47. The molecule has 2 rings (SSSR count). The van der Waals surface area contributed by atoms with Crippen LogP contribution in [-0.4, -0.2) is 47.0 Å². The molecule has 1 fully saturated rings. The van der Waals surface area contributed by atoms with Crippen LogP contribution < -0.4 is 5.43 Å². The molecule has 0 radical (unpaired) electrons. The van der Waals surface area contributed by atoms with Crippen molar-refractivity contribution in [2.24, 2.45) is 0 Å². The van der Waals surface area contributed by atoms with Crippen LogP contribution >= 0.6 is 0 Å². The number of amides is 1. The van der Waals surface area contributed by atoms with Gasteiger partial charge in [0.05, 0.1) is 6.54 Å². The highest BCUT2D eigenvalue weighted by atomic mass is 16.4. The molecule has 1 amide bonds. The predicted molar refractivity (Wildman–Crippen MR) is 64.2 cm³/mol. The monoisotopic (exact) mass is 252 g/mol. The van der Waals surface area contributed by atoms with Crippen molar-refractivity contribution >= 4 is 5.91 Å². The minimum absolute atomic E-state index is 0.0887. The Morgan fingerprint density at radius 2 is 2.06 bits per heavy atom. The van der Waals surface area contributed by atoms with Gasteiger partial charge in [0.2, 0.25) is 11.3 Å². The maximum Gasteiger partial charge on any atom is 0.226 e. The van der Waals surface area contributed by atoms with Crippen LogP contribution in [-0.2, 0) is 11.3 Å². The molecule has 6 nitrogen and oxygen atoms in total. The third kappa shape index (κ3) is 2.89. The fourth-order valence-corrected chi connectivity index (χ4v) is 1.97. The molecule has 0 saturated carbocycles. The molecule has 1 aliphatic rings. The molecule has 0 bridgehead atoms. The fraction of sp³-hybridized carbons (Fsp3) is 0.500. The van der Waals surface area contributed by atoms with Crippen LogP contribution in [0.1, 0.15) is 12.7 Å². The van der Waals surface area contributed by atoms with E-state index in [9.17, 15) is 9.59 Å². The van der Waals surface area contributed by atoms with Gasteiger partial charge < -0.3 is 14.4 Å². The smallest absolute Gasteiger partial charge is 0.226 e. The number of nitrogens with zero attached hydrogens (tertiary/aromatic N) is 2. The van der Waals surface area contributed by atoms with E-state index in [1.54, 1.807) is 11.8 Å². The average Bonchev–Trinajstić information content (AvgIpc) is 2.34. The summed E-state index contributed by atoms with van der Waals surface area (Å²) in [6.07, 6.45) is 1.06. The first-order chi connectivity index (χ1) is 8.56. The van der Waals surface area contributed by atoms with Gasteiger partial charge in [-0.15, -0.1) is 0 Å². The van der Waals surface area contributed by atoms with E-state index in [2.05, 4.69) is 4.90 Å². The largest absolute Gasteiger partial charge is 0.502 e. The molecule has 6 heteroatoms. The van der Waals surface area contributed by atoms with Gasteiger partial charge in [0.15, 0.2) is 5.75 Å². The molecule has 0 atom stereocenters. The molecule has 0 aromatic carbocycles. The molecular formula is C12H16N2O4. The van der Waals surface area contributed by atoms with E-state index in [0.29, 0.717) is 25.4 Å². The topological polar surface area (TPSA) is 74.0 Å². The van der Waals surface area contributed by atoms with Gasteiger partial charge in [-0.2, -0.15) is 0 Å². The Morgan fingerprint density at radius 1 is 1.39 bits per heavy atom. The second kappa shape index (κ2) is 5.22. The third-order valence-electron chi connectivity index (χ3n) is 3.06. The lowest BCUT2D eigenvalue weighted by molar-refractivity contribution is -0.130. The van der Waals surface area contributed by atoms with Gasteiger partial charge in [0.1, 0.15) is 12.0 Å². The zero-order chi connectivity index (χ0) is 13.1. The highest BCUT2D eigenvalue weighted by Crippen LogP contribution is 2.09. The highest BCUT2D eigenvalue weighted by molar-refractivity contribution is 5.73. The summed E-state index contributed by atoms with van der Waals surface area (Å²) in [6, 6.07) is 1.30. The average molecular weight is 252 g/mol. The van der Waals surface area contributed by atoms with Crippen LogP contribution in [0.4, 0.5) is 0 Å². The van der Waals surface area contributed by atoms with E-state index in [0.717, 1.165) is 19.4 Å². The van der Waals surface area contributed by atoms with Crippen molar-refractivity contribution in [1.82, 2.24) is 9.80 Å². The van der Waals surface area contributed by atoms with Crippen molar-refractivity contribution in [2.45, 2.75) is 13.5 Å². The number of rotatable bonds is 2. The van der Waals surface area contributed by atoms with Crippen molar-refractivity contribution in [1.29, 1.82) is 0 Å². The van der Waals surface area contributed by atoms with Crippen LogP contribution in [0, 0.1) is 0 Å². The minimum Gasteiger partial charge on any atom is -0.502 e. The number of aromatic hydroxyl groups is 1. The Hall–Kier alpha value is -1.82. The molecule has 98 valence electrons. The SMILES string of the molecule is CC(=O)N1CCN(Cc2cc(=O)c(O)co2)CC1. The number of hydrogen-bond acceptors (Lipinski definition) is 5. The molecule has 2 heterocycles. The summed E-state index contributed by atoms with van der Waals surface area (Å²) in [4.78, 5) is 26.3. The molecule has 18 heavy (non-hydrogen) atoms. The summed E-state index contributed by atoms with van der Waals surface area (Å²) >= 11 is 0. The van der Waals surface area contributed by atoms with Gasteiger partial charge in [-0.05, 0) is 0 Å².